The number of ether oxygens (including phenoxy) is 1. The molecule has 0 atom stereocenters. The van der Waals surface area contributed by atoms with Crippen molar-refractivity contribution in [3.63, 3.8) is 0 Å². The fourth-order valence-corrected chi connectivity index (χ4v) is 3.99. The number of aliphatic carboxylic acids is 1. The average Bonchev–Trinajstić information content (AvgIpc) is 3.24. The Morgan fingerprint density at radius 2 is 1.71 bits per heavy atom. The van der Waals surface area contributed by atoms with Crippen molar-refractivity contribution in [1.82, 2.24) is 9.80 Å². The monoisotopic (exact) mass is 388 g/mol. The molecule has 0 aromatic heterocycles. The summed E-state index contributed by atoms with van der Waals surface area (Å²) >= 11 is 0. The zero-order valence-corrected chi connectivity index (χ0v) is 16.1. The van der Waals surface area contributed by atoms with E-state index in [-0.39, 0.29) is 11.8 Å². The van der Waals surface area contributed by atoms with E-state index >= 15 is 0 Å². The van der Waals surface area contributed by atoms with Gasteiger partial charge in [-0.25, -0.2) is 4.79 Å². The third kappa shape index (κ3) is 5.47. The Kier molecular flexibility index (Phi) is 6.90. The maximum atomic E-state index is 12.7. The molecular weight excluding hydrogens is 360 g/mol. The third-order valence-corrected chi connectivity index (χ3v) is 5.60. The first-order chi connectivity index (χ1) is 13.5. The molecule has 1 aliphatic heterocycles. The molecule has 1 aromatic carbocycles. The van der Waals surface area contributed by atoms with Gasteiger partial charge in [-0.2, -0.15) is 0 Å². The lowest BCUT2D eigenvalue weighted by molar-refractivity contribution is -0.139. The molecule has 7 heteroatoms. The van der Waals surface area contributed by atoms with Crippen LogP contribution in [-0.2, 0) is 9.59 Å². The van der Waals surface area contributed by atoms with Crippen molar-refractivity contribution in [3.8, 4) is 5.75 Å². The smallest absolute Gasteiger partial charge is 0.341 e. The van der Waals surface area contributed by atoms with Gasteiger partial charge < -0.3 is 19.6 Å². The molecule has 1 saturated heterocycles. The first-order valence-electron chi connectivity index (χ1n) is 10.0. The van der Waals surface area contributed by atoms with E-state index in [0.29, 0.717) is 49.8 Å². The molecule has 1 heterocycles. The van der Waals surface area contributed by atoms with Crippen LogP contribution < -0.4 is 4.74 Å². The van der Waals surface area contributed by atoms with Crippen LogP contribution in [0.5, 0.6) is 5.75 Å². The number of piperazine rings is 1. The number of hydrogen-bond acceptors (Lipinski definition) is 4. The lowest BCUT2D eigenvalue weighted by Crippen LogP contribution is -2.50. The normalized spacial score (nSPS) is 17.6. The van der Waals surface area contributed by atoms with Crippen LogP contribution in [0.2, 0.25) is 0 Å². The number of hydrogen-bond donors (Lipinski definition) is 1. The highest BCUT2D eigenvalue weighted by atomic mass is 16.5. The fourth-order valence-electron chi connectivity index (χ4n) is 3.99. The van der Waals surface area contributed by atoms with Crippen LogP contribution in [0.1, 0.15) is 48.9 Å². The summed E-state index contributed by atoms with van der Waals surface area (Å²) in [5.74, 6) is 0.0729. The molecule has 0 spiro atoms. The molecule has 152 valence electrons. The number of benzene rings is 1. The number of rotatable bonds is 7. The summed E-state index contributed by atoms with van der Waals surface area (Å²) < 4.78 is 5.14. The molecule has 0 radical (unpaired) electrons. The van der Waals surface area contributed by atoms with E-state index in [1.54, 1.807) is 29.2 Å². The third-order valence-electron chi connectivity index (χ3n) is 5.60. The van der Waals surface area contributed by atoms with Gasteiger partial charge >= 0.3 is 5.97 Å². The molecule has 1 aliphatic carbocycles. The fraction of sp³-hybridized carbons (Fsp3) is 0.571. The molecule has 2 aliphatic rings. The van der Waals surface area contributed by atoms with Gasteiger partial charge in [0.25, 0.3) is 5.91 Å². The number of carbonyl (C=O) groups excluding carboxylic acids is 2. The highest BCUT2D eigenvalue weighted by molar-refractivity contribution is 5.94. The van der Waals surface area contributed by atoms with E-state index in [1.165, 1.54) is 25.7 Å². The molecule has 1 saturated carbocycles. The summed E-state index contributed by atoms with van der Waals surface area (Å²) in [5.41, 5.74) is 0.462. The summed E-state index contributed by atoms with van der Waals surface area (Å²) in [5, 5.41) is 8.69. The molecular formula is C21H28N2O5. The van der Waals surface area contributed by atoms with Crippen molar-refractivity contribution in [2.24, 2.45) is 5.92 Å². The van der Waals surface area contributed by atoms with Gasteiger partial charge in [-0.15, -0.1) is 0 Å². The molecule has 2 amide bonds. The Bertz CT molecular complexity index is 707. The van der Waals surface area contributed by atoms with Crippen LogP contribution >= 0.6 is 0 Å². The molecule has 28 heavy (non-hydrogen) atoms. The first kappa shape index (κ1) is 20.2. The number of carboxylic acid groups (broad SMARTS) is 1. The summed E-state index contributed by atoms with van der Waals surface area (Å²) in [6.07, 6.45) is 6.70. The second-order valence-corrected chi connectivity index (χ2v) is 7.57. The summed E-state index contributed by atoms with van der Waals surface area (Å²) in [7, 11) is 0. The van der Waals surface area contributed by atoms with Crippen LogP contribution in [0.25, 0.3) is 0 Å². The standard InChI is InChI=1S/C21H28N2O5/c24-19(9-8-16-4-1-2-5-16)22-10-12-23(13-11-22)21(27)17-6-3-7-18(14-17)28-15-20(25)26/h3,6-7,14,16H,1-2,4-5,8-13,15H2,(H,25,26). The van der Waals surface area contributed by atoms with E-state index in [4.69, 9.17) is 9.84 Å². The molecule has 0 bridgehead atoms. The molecule has 7 nitrogen and oxygen atoms in total. The Hall–Kier alpha value is -2.57. The predicted octanol–water partition coefficient (Wildman–Crippen LogP) is 2.40. The molecule has 1 aromatic rings. The highest BCUT2D eigenvalue weighted by Crippen LogP contribution is 2.28. The zero-order valence-electron chi connectivity index (χ0n) is 16.1. The first-order valence-corrected chi connectivity index (χ1v) is 10.0. The summed E-state index contributed by atoms with van der Waals surface area (Å²) in [6.45, 7) is 1.69. The minimum Gasteiger partial charge on any atom is -0.482 e. The van der Waals surface area contributed by atoms with E-state index < -0.39 is 12.6 Å². The topological polar surface area (TPSA) is 87.2 Å². The zero-order chi connectivity index (χ0) is 19.9. The second-order valence-electron chi connectivity index (χ2n) is 7.57. The molecule has 1 N–H and O–H groups in total. The average molecular weight is 388 g/mol. The van der Waals surface area contributed by atoms with E-state index in [9.17, 15) is 14.4 Å². The quantitative estimate of drug-likeness (QED) is 0.775. The van der Waals surface area contributed by atoms with Crippen LogP contribution in [-0.4, -0.2) is 65.5 Å². The van der Waals surface area contributed by atoms with Gasteiger partial charge in [-0.05, 0) is 30.5 Å². The van der Waals surface area contributed by atoms with Crippen molar-refractivity contribution in [2.45, 2.75) is 38.5 Å². The van der Waals surface area contributed by atoms with Gasteiger partial charge in [0.05, 0.1) is 0 Å². The van der Waals surface area contributed by atoms with Crippen molar-refractivity contribution in [3.05, 3.63) is 29.8 Å². The van der Waals surface area contributed by atoms with Crippen LogP contribution in [0, 0.1) is 5.92 Å². The van der Waals surface area contributed by atoms with Crippen molar-refractivity contribution in [2.75, 3.05) is 32.8 Å². The van der Waals surface area contributed by atoms with Crippen LogP contribution in [0.3, 0.4) is 0 Å². The Labute approximate surface area is 165 Å². The second kappa shape index (κ2) is 9.57. The Balaban J connectivity index is 1.47. The van der Waals surface area contributed by atoms with Gasteiger partial charge in [0, 0.05) is 38.2 Å². The summed E-state index contributed by atoms with van der Waals surface area (Å²) in [6, 6.07) is 6.55. The van der Waals surface area contributed by atoms with E-state index in [2.05, 4.69) is 0 Å². The largest absolute Gasteiger partial charge is 0.482 e. The maximum Gasteiger partial charge on any atom is 0.341 e. The minimum atomic E-state index is -1.06. The number of nitrogens with zero attached hydrogens (tertiary/aromatic N) is 2. The Morgan fingerprint density at radius 1 is 1.04 bits per heavy atom. The van der Waals surface area contributed by atoms with Crippen LogP contribution in [0.15, 0.2) is 24.3 Å². The maximum absolute atomic E-state index is 12.7. The van der Waals surface area contributed by atoms with Crippen molar-refractivity contribution < 1.29 is 24.2 Å². The van der Waals surface area contributed by atoms with Gasteiger partial charge in [-0.3, -0.25) is 9.59 Å². The Morgan fingerprint density at radius 3 is 2.39 bits per heavy atom. The number of carbonyl (C=O) groups is 3. The number of carboxylic acids is 1. The molecule has 3 rings (SSSR count). The minimum absolute atomic E-state index is 0.126. The molecule has 0 unspecified atom stereocenters. The summed E-state index contributed by atoms with van der Waals surface area (Å²) in [4.78, 5) is 39.4. The van der Waals surface area contributed by atoms with Gasteiger partial charge in [0.1, 0.15) is 5.75 Å². The molecule has 2 fully saturated rings. The predicted molar refractivity (Wildman–Crippen MR) is 103 cm³/mol. The highest BCUT2D eigenvalue weighted by Gasteiger charge is 2.26. The van der Waals surface area contributed by atoms with Gasteiger partial charge in [0.2, 0.25) is 5.91 Å². The lowest BCUT2D eigenvalue weighted by atomic mass is 10.0. The van der Waals surface area contributed by atoms with E-state index in [1.807, 2.05) is 4.90 Å². The van der Waals surface area contributed by atoms with Crippen molar-refractivity contribution in [1.29, 1.82) is 0 Å². The van der Waals surface area contributed by atoms with Crippen LogP contribution in [0.4, 0.5) is 0 Å². The van der Waals surface area contributed by atoms with Gasteiger partial charge in [0.15, 0.2) is 6.61 Å². The van der Waals surface area contributed by atoms with Gasteiger partial charge in [-0.1, -0.05) is 31.7 Å². The lowest BCUT2D eigenvalue weighted by Gasteiger charge is -2.35. The SMILES string of the molecule is O=C(O)COc1cccc(C(=O)N2CCN(C(=O)CCC3CCCC3)CC2)c1. The van der Waals surface area contributed by atoms with Crippen molar-refractivity contribution >= 4 is 17.8 Å². The number of amides is 2. The van der Waals surface area contributed by atoms with E-state index in [0.717, 1.165) is 6.42 Å².